The van der Waals surface area contributed by atoms with Crippen molar-refractivity contribution in [2.75, 3.05) is 17.5 Å². The topological polar surface area (TPSA) is 93.1 Å². The molecular formula is C18H24F3NO6S. The van der Waals surface area contributed by atoms with Gasteiger partial charge in [0, 0.05) is 17.7 Å². The zero-order chi connectivity index (χ0) is 22.4. The molecule has 1 aromatic rings. The number of ether oxygens (including phenoxy) is 2. The number of carbonyl (C=O) groups is 1. The zero-order valence-electron chi connectivity index (χ0n) is 16.8. The summed E-state index contributed by atoms with van der Waals surface area (Å²) in [6.45, 7) is 7.71. The van der Waals surface area contributed by atoms with Gasteiger partial charge in [-0.2, -0.15) is 21.6 Å². The van der Waals surface area contributed by atoms with E-state index in [1.807, 2.05) is 0 Å². The molecule has 2 rings (SSSR count). The Kier molecular flexibility index (Phi) is 6.16. The van der Waals surface area contributed by atoms with E-state index in [0.29, 0.717) is 0 Å². The second kappa shape index (κ2) is 7.67. The van der Waals surface area contributed by atoms with E-state index in [2.05, 4.69) is 0 Å². The average Bonchev–Trinajstić information content (AvgIpc) is 2.96. The normalized spacial score (nSPS) is 15.9. The fraction of sp³-hybridized carbons (Fsp3) is 0.611. The van der Waals surface area contributed by atoms with Gasteiger partial charge in [-0.15, -0.1) is 0 Å². The Morgan fingerprint density at radius 1 is 1.31 bits per heavy atom. The number of hydrogen-bond acceptors (Lipinski definition) is 6. The smallest absolute Gasteiger partial charge is 0.507 e. The molecule has 0 radical (unpaired) electrons. The summed E-state index contributed by atoms with van der Waals surface area (Å²) >= 11 is 0. The highest BCUT2D eigenvalue weighted by Gasteiger charge is 2.52. The van der Waals surface area contributed by atoms with Crippen molar-refractivity contribution in [1.29, 1.82) is 0 Å². The number of alkyl halides is 3. The third-order valence-corrected chi connectivity index (χ3v) is 5.82. The SMILES string of the molecule is CCOC(=O)C(OC(C)(C)C)c1c(C)cc2c(c1O)CCN2S(=O)(=O)C(F)(F)F. The number of benzene rings is 1. The van der Waals surface area contributed by atoms with Gasteiger partial charge in [-0.05, 0) is 52.7 Å². The van der Waals surface area contributed by atoms with Crippen LogP contribution in [0.3, 0.4) is 0 Å². The average molecular weight is 439 g/mol. The minimum Gasteiger partial charge on any atom is -0.507 e. The maximum absolute atomic E-state index is 13.0. The van der Waals surface area contributed by atoms with Crippen molar-refractivity contribution in [2.45, 2.75) is 58.3 Å². The first-order valence-corrected chi connectivity index (χ1v) is 10.3. The summed E-state index contributed by atoms with van der Waals surface area (Å²) in [5.41, 5.74) is -6.29. The summed E-state index contributed by atoms with van der Waals surface area (Å²) in [6.07, 6.45) is -1.47. The van der Waals surface area contributed by atoms with Gasteiger partial charge in [0.1, 0.15) is 5.75 Å². The molecule has 1 heterocycles. The van der Waals surface area contributed by atoms with Crippen molar-refractivity contribution < 1.29 is 41.0 Å². The van der Waals surface area contributed by atoms with E-state index >= 15 is 0 Å². The fourth-order valence-corrected chi connectivity index (χ4v) is 4.15. The van der Waals surface area contributed by atoms with Crippen LogP contribution in [-0.2, 0) is 30.7 Å². The van der Waals surface area contributed by atoms with Gasteiger partial charge in [0.05, 0.1) is 17.9 Å². The molecule has 0 aromatic heterocycles. The second-order valence-corrected chi connectivity index (χ2v) is 9.44. The van der Waals surface area contributed by atoms with Crippen LogP contribution in [0.4, 0.5) is 18.9 Å². The van der Waals surface area contributed by atoms with E-state index in [9.17, 15) is 31.5 Å². The maximum atomic E-state index is 13.0. The van der Waals surface area contributed by atoms with Crippen molar-refractivity contribution in [2.24, 2.45) is 0 Å². The lowest BCUT2D eigenvalue weighted by atomic mass is 9.96. The first-order valence-electron chi connectivity index (χ1n) is 8.90. The highest BCUT2D eigenvalue weighted by molar-refractivity contribution is 7.93. The summed E-state index contributed by atoms with van der Waals surface area (Å²) in [5, 5.41) is 10.8. The number of fused-ring (bicyclic) bond motifs is 1. The highest BCUT2D eigenvalue weighted by Crippen LogP contribution is 2.46. The van der Waals surface area contributed by atoms with E-state index in [4.69, 9.17) is 9.47 Å². The van der Waals surface area contributed by atoms with Crippen LogP contribution < -0.4 is 4.31 Å². The van der Waals surface area contributed by atoms with Gasteiger partial charge in [0.15, 0.2) is 6.10 Å². The second-order valence-electron chi connectivity index (χ2n) is 7.59. The van der Waals surface area contributed by atoms with Gasteiger partial charge in [0.2, 0.25) is 0 Å². The Balaban J connectivity index is 2.62. The first kappa shape index (κ1) is 23.3. The van der Waals surface area contributed by atoms with Gasteiger partial charge in [0.25, 0.3) is 0 Å². The van der Waals surface area contributed by atoms with Crippen molar-refractivity contribution >= 4 is 21.7 Å². The van der Waals surface area contributed by atoms with Crippen molar-refractivity contribution in [3.05, 3.63) is 22.8 Å². The lowest BCUT2D eigenvalue weighted by molar-refractivity contribution is -0.167. The maximum Gasteiger partial charge on any atom is 0.516 e. The van der Waals surface area contributed by atoms with Gasteiger partial charge >= 0.3 is 21.5 Å². The number of halogens is 3. The predicted molar refractivity (Wildman–Crippen MR) is 99.1 cm³/mol. The monoisotopic (exact) mass is 439 g/mol. The number of rotatable bonds is 5. The number of anilines is 1. The molecule has 1 unspecified atom stereocenters. The van der Waals surface area contributed by atoms with Crippen molar-refractivity contribution in [1.82, 2.24) is 0 Å². The molecule has 1 atom stereocenters. The number of sulfonamides is 1. The van der Waals surface area contributed by atoms with Crippen LogP contribution in [0.15, 0.2) is 6.07 Å². The van der Waals surface area contributed by atoms with Gasteiger partial charge in [-0.1, -0.05) is 0 Å². The molecule has 0 spiro atoms. The molecule has 0 aliphatic carbocycles. The fourth-order valence-electron chi connectivity index (χ4n) is 3.15. The van der Waals surface area contributed by atoms with E-state index in [0.717, 1.165) is 0 Å². The third-order valence-electron chi connectivity index (χ3n) is 4.28. The molecule has 1 aliphatic heterocycles. The summed E-state index contributed by atoms with van der Waals surface area (Å²) < 4.78 is 73.7. The molecule has 0 amide bonds. The Morgan fingerprint density at radius 2 is 1.90 bits per heavy atom. The number of phenolic OH excluding ortho intramolecular Hbond substituents is 1. The van der Waals surface area contributed by atoms with E-state index in [-0.39, 0.29) is 39.7 Å². The van der Waals surface area contributed by atoms with Gasteiger partial charge in [-0.3, -0.25) is 4.31 Å². The molecule has 1 N–H and O–H groups in total. The summed E-state index contributed by atoms with van der Waals surface area (Å²) in [4.78, 5) is 12.5. The van der Waals surface area contributed by atoms with Crippen molar-refractivity contribution in [3.63, 3.8) is 0 Å². The number of nitrogens with zero attached hydrogens (tertiary/aromatic N) is 1. The first-order chi connectivity index (χ1) is 13.1. The molecule has 164 valence electrons. The molecule has 1 aliphatic rings. The van der Waals surface area contributed by atoms with Crippen LogP contribution in [0, 0.1) is 6.92 Å². The van der Waals surface area contributed by atoms with E-state index in [1.54, 1.807) is 27.7 Å². The molecule has 1 aromatic carbocycles. The minimum atomic E-state index is -5.61. The van der Waals surface area contributed by atoms with Crippen LogP contribution in [0.5, 0.6) is 5.75 Å². The predicted octanol–water partition coefficient (Wildman–Crippen LogP) is 3.33. The largest absolute Gasteiger partial charge is 0.516 e. The van der Waals surface area contributed by atoms with Crippen LogP contribution in [0.25, 0.3) is 0 Å². The molecule has 29 heavy (non-hydrogen) atoms. The standard InChI is InChI=1S/C18H24F3NO6S/c1-6-27-16(24)15(28-17(3,4)5)13-10(2)9-12-11(14(13)23)7-8-22(12)29(25,26)18(19,20)21/h9,15,23H,6-8H2,1-5H3. The van der Waals surface area contributed by atoms with Crippen molar-refractivity contribution in [3.8, 4) is 5.75 Å². The van der Waals surface area contributed by atoms with Crippen LogP contribution in [0.1, 0.15) is 50.5 Å². The Morgan fingerprint density at radius 3 is 2.38 bits per heavy atom. The molecule has 0 saturated heterocycles. The number of aromatic hydroxyl groups is 1. The molecule has 0 fully saturated rings. The van der Waals surface area contributed by atoms with Crippen LogP contribution in [0.2, 0.25) is 0 Å². The molecule has 11 heteroatoms. The van der Waals surface area contributed by atoms with Gasteiger partial charge in [-0.25, -0.2) is 4.79 Å². The highest BCUT2D eigenvalue weighted by atomic mass is 32.2. The molecular weight excluding hydrogens is 415 g/mol. The number of aryl methyl sites for hydroxylation is 1. The Labute approximate surface area is 167 Å². The lowest BCUT2D eigenvalue weighted by Gasteiger charge is -2.29. The Hall–Kier alpha value is -2.01. The molecule has 0 saturated carbocycles. The third kappa shape index (κ3) is 4.45. The van der Waals surface area contributed by atoms with Crippen LogP contribution >= 0.6 is 0 Å². The lowest BCUT2D eigenvalue weighted by Crippen LogP contribution is -2.39. The van der Waals surface area contributed by atoms with Gasteiger partial charge < -0.3 is 14.6 Å². The molecule has 7 nitrogen and oxygen atoms in total. The quantitative estimate of drug-likeness (QED) is 0.708. The summed E-state index contributed by atoms with van der Waals surface area (Å²) in [5.74, 6) is -1.24. The zero-order valence-corrected chi connectivity index (χ0v) is 17.6. The number of hydrogen-bond donors (Lipinski definition) is 1. The minimum absolute atomic E-state index is 0.00485. The number of phenols is 1. The van der Waals surface area contributed by atoms with E-state index in [1.165, 1.54) is 13.0 Å². The number of carbonyl (C=O) groups excluding carboxylic acids is 1. The summed E-state index contributed by atoms with van der Waals surface area (Å²) in [7, 11) is -5.61. The number of esters is 1. The van der Waals surface area contributed by atoms with E-state index < -0.39 is 45.5 Å². The molecule has 0 bridgehead atoms. The summed E-state index contributed by atoms with van der Waals surface area (Å²) in [6, 6.07) is 1.21. The van der Waals surface area contributed by atoms with Crippen LogP contribution in [-0.4, -0.2) is 43.8 Å². The Bertz CT molecular complexity index is 906.